The molecule has 5 aromatic heterocycles. The minimum atomic E-state index is 0.324. The second kappa shape index (κ2) is 41.5. The monoisotopic (exact) mass is 1880 g/mol. The lowest BCUT2D eigenvalue weighted by Crippen LogP contribution is -2.32. The zero-order valence-electron chi connectivity index (χ0n) is 89.0. The molecule has 0 N–H and O–H groups in total. The molecule has 0 fully saturated rings. The second-order valence-electron chi connectivity index (χ2n) is 41.0. The molecule has 143 heavy (non-hydrogen) atoms. The Labute approximate surface area is 846 Å². The van der Waals surface area contributed by atoms with Crippen LogP contribution >= 0.6 is 0 Å². The summed E-state index contributed by atoms with van der Waals surface area (Å²) in [5, 5.41) is 23.5. The number of hydrogen-bond donors (Lipinski definition) is 0. The Kier molecular flexibility index (Phi) is 28.8. The second-order valence-corrected chi connectivity index (χ2v) is 41.0. The van der Waals surface area contributed by atoms with Crippen LogP contribution in [0, 0.1) is 111 Å². The van der Waals surface area contributed by atoms with E-state index < -0.39 is 0 Å². The summed E-state index contributed by atoms with van der Waals surface area (Å²) in [4.78, 5) is 0. The highest BCUT2D eigenvalue weighted by atomic mass is 16.3. The lowest BCUT2D eigenvalue weighted by atomic mass is 9.88. The van der Waals surface area contributed by atoms with Crippen molar-refractivity contribution in [3.8, 4) is 136 Å². The van der Waals surface area contributed by atoms with Crippen molar-refractivity contribution in [2.45, 2.75) is 190 Å². The van der Waals surface area contributed by atoms with Crippen molar-refractivity contribution in [3.05, 3.63) is 415 Å². The highest BCUT2D eigenvalue weighted by Crippen LogP contribution is 2.44. The van der Waals surface area contributed by atoms with Gasteiger partial charge in [-0.15, -0.1) is 0 Å². The van der Waals surface area contributed by atoms with Crippen LogP contribution in [0.2, 0.25) is 0 Å². The molecule has 5 heterocycles. The quantitative estimate of drug-likeness (QED) is 0.0797. The molecule has 0 aliphatic heterocycles. The molecule has 13 nitrogen and oxygen atoms in total. The number of nitrogens with zero attached hydrogens (tertiary/aromatic N) is 12. The summed E-state index contributed by atoms with van der Waals surface area (Å²) in [5.41, 5.74) is 45.4. The average molecular weight is 1880 g/mol. The van der Waals surface area contributed by atoms with E-state index in [1.807, 2.05) is 12.1 Å². The average Bonchev–Trinajstić information content (AvgIpc) is 1.58. The predicted octanol–water partition coefficient (Wildman–Crippen LogP) is 30.8. The molecule has 0 aliphatic rings. The maximum absolute atomic E-state index is 6.52. The van der Waals surface area contributed by atoms with E-state index in [-0.39, 0.29) is 0 Å². The van der Waals surface area contributed by atoms with Crippen LogP contribution in [0.5, 0.6) is 0 Å². The van der Waals surface area contributed by atoms with Crippen LogP contribution in [0.15, 0.2) is 308 Å². The molecule has 20 aromatic rings. The number of furan rings is 1. The van der Waals surface area contributed by atoms with E-state index in [9.17, 15) is 0 Å². The summed E-state index contributed by atoms with van der Waals surface area (Å²) in [6, 6.07) is 109. The van der Waals surface area contributed by atoms with E-state index in [1.54, 1.807) is 0 Å². The van der Waals surface area contributed by atoms with Crippen molar-refractivity contribution in [1.29, 1.82) is 0 Å². The van der Waals surface area contributed by atoms with Gasteiger partial charge in [-0.3, -0.25) is 0 Å². The minimum absolute atomic E-state index is 0.324. The SMILES string of the molecule is Cc1cc(C)cc(-c2nn(-c3c(C(C)C)cc(-c4ccccc4)cc3C(C)C)c(-c3ccccc3C)[n+]2C)c1.Cc1cc(C)cc(-c2nn(-c3c(C(C)C)cccc3C(C)C)c(-c3ccccc3C)[n+]2C)c1.Cc1cc(C)cc(-c2nn(-c3c(C)cc(-c4ccccc4)cc3C)c(-c3ccccc3C)[n+]2C)c1.Cc1cc(C)cc(-c2nn(-c3c(C)cccc3C)c(-c3c(C)ccc4c3oc3ccccc34)[n+]2C)c1. The number of rotatable bonds is 18. The first-order chi connectivity index (χ1) is 68.5. The fourth-order valence-electron chi connectivity index (χ4n) is 21.2. The van der Waals surface area contributed by atoms with Crippen molar-refractivity contribution in [2.75, 3.05) is 0 Å². The third kappa shape index (κ3) is 20.0. The van der Waals surface area contributed by atoms with Crippen LogP contribution in [-0.4, -0.2) is 39.1 Å². The zero-order valence-corrected chi connectivity index (χ0v) is 89.0. The molecule has 0 bridgehead atoms. The number of aromatic nitrogens is 12. The van der Waals surface area contributed by atoms with Crippen LogP contribution in [-0.2, 0) is 28.2 Å². The number of hydrogen-bond acceptors (Lipinski definition) is 5. The molecule has 0 saturated heterocycles. The normalized spacial score (nSPS) is 11.5. The Morgan fingerprint density at radius 2 is 0.503 bits per heavy atom. The highest BCUT2D eigenvalue weighted by Gasteiger charge is 2.39. The molecule has 20 rings (SSSR count). The van der Waals surface area contributed by atoms with Crippen molar-refractivity contribution in [1.82, 2.24) is 39.1 Å². The first-order valence-electron chi connectivity index (χ1n) is 50.5. The minimum Gasteiger partial charge on any atom is -0.455 e. The Morgan fingerprint density at radius 1 is 0.217 bits per heavy atom. The number of para-hydroxylation sites is 3. The maximum atomic E-state index is 6.52. The van der Waals surface area contributed by atoms with Gasteiger partial charge in [0.25, 0.3) is 23.3 Å². The molecular weight excluding hydrogens is 1750 g/mol. The molecule has 0 atom stereocenters. The van der Waals surface area contributed by atoms with Crippen LogP contribution in [0.1, 0.15) is 190 Å². The molecule has 13 heteroatoms. The van der Waals surface area contributed by atoms with Crippen LogP contribution in [0.25, 0.3) is 158 Å². The predicted molar refractivity (Wildman–Crippen MR) is 593 cm³/mol. The van der Waals surface area contributed by atoms with Gasteiger partial charge in [-0.1, -0.05) is 325 Å². The molecule has 0 aliphatic carbocycles. The molecule has 0 amide bonds. The summed E-state index contributed by atoms with van der Waals surface area (Å²) >= 11 is 0. The van der Waals surface area contributed by atoms with Crippen LogP contribution in [0.3, 0.4) is 0 Å². The molecule has 15 aromatic carbocycles. The van der Waals surface area contributed by atoms with E-state index in [4.69, 9.17) is 24.8 Å². The van der Waals surface area contributed by atoms with Gasteiger partial charge in [0.1, 0.15) is 33.9 Å². The van der Waals surface area contributed by atoms with Crippen molar-refractivity contribution in [3.63, 3.8) is 0 Å². The van der Waals surface area contributed by atoms with Gasteiger partial charge in [-0.2, -0.15) is 0 Å². The van der Waals surface area contributed by atoms with Gasteiger partial charge in [0.15, 0.2) is 0 Å². The standard InChI is InChI=1S/C36H40N3.C32H30N3O.C32H32N3.C30H36N3/c1-23(2)32-21-29(28-15-10-9-11-16-28)22-33(24(3)4)34(32)39-36(31-17-13-12-14-27(31)7)38(8)35(37-39)30-19-25(5)18-26(6)20-30;1-19-16-20(2)18-24(17-19)31-33-35(29-22(4)10-9-11-23(29)5)32(34(31)6)28-21(3)14-15-26-25-12-7-8-13-27(25)36-30(26)28;1-21-16-22(2)18-28(17-21)31-33-35(32(34(31)6)29-15-11-10-12-23(29)3)30-24(4)19-27(20-25(30)5)26-13-8-7-9-14-26;1-19(2)25-14-11-15-26(20(3)4)28(25)33-30(27-13-10-9-12-23(27)7)32(8)29(31-33)24-17-21(5)16-22(6)18-24/h9-24H,1-8H3;7-18H,1-6H3;7-20H,1-6H3;9-20H,1-8H3/q4*+1. The Hall–Kier alpha value is -15.3. The number of fused-ring (bicyclic) bond motifs is 3. The number of benzene rings is 15. The van der Waals surface area contributed by atoms with E-state index in [1.165, 1.54) is 156 Å². The van der Waals surface area contributed by atoms with Crippen LogP contribution < -0.4 is 18.3 Å². The van der Waals surface area contributed by atoms with Gasteiger partial charge in [0.05, 0.1) is 93.1 Å². The number of aryl methyl sites for hydroxylation is 16. The molecule has 0 radical (unpaired) electrons. The fraction of sp³-hybridized carbons (Fsp3) is 0.246. The smallest absolute Gasteiger partial charge is 0.309 e. The molecular formula is C130H138N12O+4. The Bertz CT molecular complexity index is 8020. The summed E-state index contributed by atoms with van der Waals surface area (Å²) in [6.07, 6.45) is 0. The van der Waals surface area contributed by atoms with Gasteiger partial charge in [-0.05, 0) is 321 Å². The van der Waals surface area contributed by atoms with Crippen LogP contribution in [0.4, 0.5) is 0 Å². The van der Waals surface area contributed by atoms with Gasteiger partial charge in [0, 0.05) is 10.8 Å². The zero-order chi connectivity index (χ0) is 102. The van der Waals surface area contributed by atoms with Gasteiger partial charge >= 0.3 is 23.3 Å². The molecule has 0 unspecified atom stereocenters. The van der Waals surface area contributed by atoms with E-state index >= 15 is 0 Å². The molecule has 0 spiro atoms. The molecule has 720 valence electrons. The topological polar surface area (TPSA) is 99.9 Å². The first-order valence-corrected chi connectivity index (χ1v) is 50.5. The largest absolute Gasteiger partial charge is 0.455 e. The van der Waals surface area contributed by atoms with Gasteiger partial charge < -0.3 is 4.42 Å². The lowest BCUT2D eigenvalue weighted by molar-refractivity contribution is -0.649. The fourth-order valence-corrected chi connectivity index (χ4v) is 21.2. The third-order valence-corrected chi connectivity index (χ3v) is 27.9. The highest BCUT2D eigenvalue weighted by molar-refractivity contribution is 6.09. The Balaban J connectivity index is 0.000000131. The summed E-state index contributed by atoms with van der Waals surface area (Å²) in [7, 11) is 8.54. The van der Waals surface area contributed by atoms with Gasteiger partial charge in [-0.25, -0.2) is 18.3 Å². The summed E-state index contributed by atoms with van der Waals surface area (Å²) < 4.78 is 24.2. The third-order valence-electron chi connectivity index (χ3n) is 27.9. The maximum Gasteiger partial charge on any atom is 0.309 e. The summed E-state index contributed by atoms with van der Waals surface area (Å²) in [6.45, 7) is 52.8. The van der Waals surface area contributed by atoms with Crippen molar-refractivity contribution >= 4 is 21.9 Å². The Morgan fingerprint density at radius 3 is 0.860 bits per heavy atom. The molecule has 0 saturated carbocycles. The lowest BCUT2D eigenvalue weighted by Gasteiger charge is -2.19. The van der Waals surface area contributed by atoms with Crippen molar-refractivity contribution in [2.24, 2.45) is 28.2 Å². The van der Waals surface area contributed by atoms with Gasteiger partial charge in [0.2, 0.25) is 0 Å². The van der Waals surface area contributed by atoms with Crippen molar-refractivity contribution < 1.29 is 22.7 Å². The van der Waals surface area contributed by atoms with E-state index in [0.717, 1.165) is 113 Å². The first kappa shape index (κ1) is 99.2. The summed E-state index contributed by atoms with van der Waals surface area (Å²) in [5.74, 6) is 9.55. The van der Waals surface area contributed by atoms with E-state index in [2.05, 4.69) is 523 Å². The van der Waals surface area contributed by atoms with E-state index in [0.29, 0.717) is 23.7 Å².